The number of sulfonamides is 1. The number of hydrogen-bond donors (Lipinski definition) is 0. The molecule has 4 heterocycles. The van der Waals surface area contributed by atoms with Gasteiger partial charge in [0, 0.05) is 50.3 Å². The van der Waals surface area contributed by atoms with Crippen molar-refractivity contribution in [2.75, 3.05) is 31.8 Å². The van der Waals surface area contributed by atoms with Gasteiger partial charge in [-0.2, -0.15) is 4.31 Å². The topological polar surface area (TPSA) is 114 Å². The highest BCUT2D eigenvalue weighted by Crippen LogP contribution is 2.43. The molecule has 0 unspecified atom stereocenters. The van der Waals surface area contributed by atoms with E-state index in [1.165, 1.54) is 21.9 Å². The van der Waals surface area contributed by atoms with Crippen LogP contribution < -0.4 is 4.90 Å². The summed E-state index contributed by atoms with van der Waals surface area (Å²) in [5.74, 6) is 1.66. The van der Waals surface area contributed by atoms with Gasteiger partial charge in [0.2, 0.25) is 10.0 Å². The molecule has 1 aliphatic rings. The molecule has 12 heteroatoms. The minimum Gasteiger partial charge on any atom is -0.361 e. The van der Waals surface area contributed by atoms with Crippen LogP contribution in [0.5, 0.6) is 0 Å². The SMILES string of the molecule is CN(CC1(N(C)S(C)(=O)=O)CC1)c1ccc2c(n1)sc1nc(-c3ccc(CC(=O)Cc4cc(C(C)(C)C)on4)cc3)cn12. The number of pyridine rings is 1. The summed E-state index contributed by atoms with van der Waals surface area (Å²) >= 11 is 1.52. The Kier molecular flexibility index (Phi) is 7.22. The molecule has 1 fully saturated rings. The maximum Gasteiger partial charge on any atom is 0.211 e. The molecule has 0 saturated heterocycles. The van der Waals surface area contributed by atoms with Gasteiger partial charge < -0.3 is 9.42 Å². The van der Waals surface area contributed by atoms with E-state index in [-0.39, 0.29) is 23.2 Å². The smallest absolute Gasteiger partial charge is 0.211 e. The number of carbonyl (C=O) groups excluding carboxylic acids is 1. The molecule has 1 aliphatic carbocycles. The van der Waals surface area contributed by atoms with Gasteiger partial charge in [0.25, 0.3) is 0 Å². The number of likely N-dealkylation sites (N-methyl/N-ethyl adjacent to an activating group) is 2. The van der Waals surface area contributed by atoms with Gasteiger partial charge in [-0.1, -0.05) is 61.5 Å². The molecule has 1 saturated carbocycles. The Bertz CT molecular complexity index is 1930. The third-order valence-electron chi connectivity index (χ3n) is 8.19. The van der Waals surface area contributed by atoms with E-state index in [0.29, 0.717) is 18.7 Å². The zero-order chi connectivity index (χ0) is 30.7. The molecule has 5 aromatic rings. The fourth-order valence-corrected chi connectivity index (χ4v) is 7.27. The lowest BCUT2D eigenvalue weighted by Gasteiger charge is -2.30. The Hall–Kier alpha value is -3.61. The van der Waals surface area contributed by atoms with E-state index in [2.05, 4.69) is 25.9 Å². The molecule has 0 bridgehead atoms. The van der Waals surface area contributed by atoms with E-state index in [0.717, 1.165) is 56.5 Å². The number of benzene rings is 1. The summed E-state index contributed by atoms with van der Waals surface area (Å²) in [4.78, 5) is 26.1. The number of anilines is 1. The molecule has 0 spiro atoms. The van der Waals surface area contributed by atoms with Crippen LogP contribution in [0, 0.1) is 0 Å². The molecule has 226 valence electrons. The number of rotatable bonds is 10. The Balaban J connectivity index is 1.13. The first-order valence-corrected chi connectivity index (χ1v) is 16.9. The Morgan fingerprint density at radius 1 is 1.07 bits per heavy atom. The van der Waals surface area contributed by atoms with Crippen molar-refractivity contribution in [2.45, 2.75) is 57.4 Å². The number of hydrogen-bond acceptors (Lipinski definition) is 9. The largest absolute Gasteiger partial charge is 0.361 e. The highest BCUT2D eigenvalue weighted by atomic mass is 32.2. The predicted molar refractivity (Wildman–Crippen MR) is 169 cm³/mol. The van der Waals surface area contributed by atoms with Crippen LogP contribution in [0.2, 0.25) is 0 Å². The number of nitrogens with zero attached hydrogens (tertiary/aromatic N) is 6. The van der Waals surface area contributed by atoms with Gasteiger partial charge in [0.15, 0.2) is 4.96 Å². The average molecular weight is 621 g/mol. The second kappa shape index (κ2) is 10.5. The fraction of sp³-hybridized carbons (Fsp3) is 0.419. The minimum absolute atomic E-state index is 0.0858. The molecular weight excluding hydrogens is 585 g/mol. The number of ketones is 1. The van der Waals surface area contributed by atoms with E-state index in [9.17, 15) is 13.2 Å². The Labute approximate surface area is 255 Å². The zero-order valence-corrected chi connectivity index (χ0v) is 26.9. The van der Waals surface area contributed by atoms with Crippen molar-refractivity contribution < 1.29 is 17.7 Å². The molecule has 0 N–H and O–H groups in total. The van der Waals surface area contributed by atoms with Crippen molar-refractivity contribution in [3.63, 3.8) is 0 Å². The first-order valence-electron chi connectivity index (χ1n) is 14.2. The summed E-state index contributed by atoms with van der Waals surface area (Å²) in [5, 5.41) is 4.07. The lowest BCUT2D eigenvalue weighted by Crippen LogP contribution is -2.45. The van der Waals surface area contributed by atoms with Crippen LogP contribution >= 0.6 is 11.3 Å². The lowest BCUT2D eigenvalue weighted by atomic mass is 9.93. The van der Waals surface area contributed by atoms with E-state index < -0.39 is 10.0 Å². The molecule has 0 aliphatic heterocycles. The average Bonchev–Trinajstić information content (AvgIpc) is 3.23. The second-order valence-electron chi connectivity index (χ2n) is 12.7. The molecule has 1 aromatic carbocycles. The summed E-state index contributed by atoms with van der Waals surface area (Å²) in [6, 6.07) is 13.8. The van der Waals surface area contributed by atoms with Crippen LogP contribution in [-0.2, 0) is 33.1 Å². The number of Topliss-reactive ketones (excluding diaryl/α,β-unsaturated/α-hetero) is 1. The van der Waals surface area contributed by atoms with Gasteiger partial charge in [-0.3, -0.25) is 9.20 Å². The van der Waals surface area contributed by atoms with Gasteiger partial charge >= 0.3 is 0 Å². The van der Waals surface area contributed by atoms with E-state index in [1.807, 2.05) is 65.0 Å². The maximum absolute atomic E-state index is 12.7. The van der Waals surface area contributed by atoms with Crippen LogP contribution in [0.1, 0.15) is 50.6 Å². The number of fused-ring (bicyclic) bond motifs is 3. The van der Waals surface area contributed by atoms with Crippen molar-refractivity contribution >= 4 is 48.3 Å². The molecule has 6 rings (SSSR count). The first-order chi connectivity index (χ1) is 20.2. The predicted octanol–water partition coefficient (Wildman–Crippen LogP) is 5.11. The summed E-state index contributed by atoms with van der Waals surface area (Å²) in [6.45, 7) is 6.74. The molecule has 0 amide bonds. The van der Waals surface area contributed by atoms with Gasteiger partial charge in [-0.05, 0) is 30.5 Å². The quantitative estimate of drug-likeness (QED) is 0.212. The number of thiazole rings is 1. The van der Waals surface area contributed by atoms with Crippen molar-refractivity contribution in [2.24, 2.45) is 0 Å². The summed E-state index contributed by atoms with van der Waals surface area (Å²) < 4.78 is 33.2. The molecule has 10 nitrogen and oxygen atoms in total. The van der Waals surface area contributed by atoms with E-state index in [4.69, 9.17) is 14.5 Å². The summed E-state index contributed by atoms with van der Waals surface area (Å²) in [7, 11) is 0.351. The van der Waals surface area contributed by atoms with Crippen molar-refractivity contribution in [1.29, 1.82) is 0 Å². The number of aromatic nitrogens is 4. The lowest BCUT2D eigenvalue weighted by molar-refractivity contribution is -0.117. The molecular formula is C31H36N6O4S2. The Morgan fingerprint density at radius 3 is 2.42 bits per heavy atom. The second-order valence-corrected chi connectivity index (χ2v) is 15.7. The van der Waals surface area contributed by atoms with Crippen LogP contribution in [0.25, 0.3) is 26.6 Å². The van der Waals surface area contributed by atoms with Gasteiger partial charge in [-0.25, -0.2) is 18.4 Å². The van der Waals surface area contributed by atoms with Gasteiger partial charge in [0.1, 0.15) is 22.2 Å². The monoisotopic (exact) mass is 620 g/mol. The third-order valence-corrected chi connectivity index (χ3v) is 10.5. The van der Waals surface area contributed by atoms with E-state index in [1.54, 1.807) is 7.05 Å². The van der Waals surface area contributed by atoms with Crippen LogP contribution in [-0.4, -0.2) is 70.5 Å². The molecule has 43 heavy (non-hydrogen) atoms. The maximum atomic E-state index is 12.7. The normalized spacial score (nSPS) is 15.0. The number of imidazole rings is 1. The molecule has 0 radical (unpaired) electrons. The van der Waals surface area contributed by atoms with E-state index >= 15 is 0 Å². The molecule has 4 aromatic heterocycles. The fourth-order valence-electron chi connectivity index (χ4n) is 5.35. The molecule has 0 atom stereocenters. The van der Waals surface area contributed by atoms with Crippen molar-refractivity contribution in [3.05, 3.63) is 65.7 Å². The van der Waals surface area contributed by atoms with Crippen LogP contribution in [0.3, 0.4) is 0 Å². The number of carbonyl (C=O) groups is 1. The van der Waals surface area contributed by atoms with Crippen molar-refractivity contribution in [3.8, 4) is 11.3 Å². The van der Waals surface area contributed by atoms with Crippen LogP contribution in [0.4, 0.5) is 5.82 Å². The standard InChI is InChI=1S/C31H36N6O4S2/c1-30(2,3)26-17-22(34-41-26)16-23(38)15-20-7-9-21(10-8-20)24-18-37-25-11-12-27(33-28(25)42-29(37)32-24)35(4)19-31(13-14-31)36(5)43(6,39)40/h7-12,17-18H,13-16,19H2,1-6H3. The third kappa shape index (κ3) is 5.96. The first kappa shape index (κ1) is 29.5. The summed E-state index contributed by atoms with van der Waals surface area (Å²) in [6.07, 6.45) is 5.53. The van der Waals surface area contributed by atoms with Gasteiger partial charge in [-0.15, -0.1) is 0 Å². The minimum atomic E-state index is -3.26. The zero-order valence-electron chi connectivity index (χ0n) is 25.3. The van der Waals surface area contributed by atoms with Crippen LogP contribution in [0.15, 0.2) is 53.2 Å². The summed E-state index contributed by atoms with van der Waals surface area (Å²) in [5.41, 5.74) is 3.88. The van der Waals surface area contributed by atoms with Gasteiger partial charge in [0.05, 0.1) is 35.1 Å². The highest BCUT2D eigenvalue weighted by molar-refractivity contribution is 7.88. The van der Waals surface area contributed by atoms with Crippen molar-refractivity contribution in [1.82, 2.24) is 23.8 Å². The Morgan fingerprint density at radius 2 is 1.79 bits per heavy atom. The highest BCUT2D eigenvalue weighted by Gasteiger charge is 2.50.